The van der Waals surface area contributed by atoms with Crippen LogP contribution in [0.1, 0.15) is 6.42 Å². The molecule has 0 amide bonds. The molecular formula is C13H17NO2S. The van der Waals surface area contributed by atoms with Gasteiger partial charge < -0.3 is 15.2 Å². The summed E-state index contributed by atoms with van der Waals surface area (Å²) in [7, 11) is 0. The number of hydrogen-bond donors (Lipinski definition) is 1. The SMILES string of the molecule is NC/C=C/CSc1ccc2c(c1)OCCCO2. The van der Waals surface area contributed by atoms with Crippen LogP contribution in [0, 0.1) is 0 Å². The predicted octanol–water partition coefficient (Wildman–Crippen LogP) is 2.45. The van der Waals surface area contributed by atoms with Gasteiger partial charge in [0.25, 0.3) is 0 Å². The molecule has 0 bridgehead atoms. The molecule has 2 rings (SSSR count). The Morgan fingerprint density at radius 1 is 1.18 bits per heavy atom. The van der Waals surface area contributed by atoms with E-state index in [0.29, 0.717) is 6.54 Å². The first kappa shape index (κ1) is 12.3. The van der Waals surface area contributed by atoms with Crippen LogP contribution in [-0.4, -0.2) is 25.5 Å². The Labute approximate surface area is 106 Å². The van der Waals surface area contributed by atoms with Gasteiger partial charge in [0, 0.05) is 23.6 Å². The minimum absolute atomic E-state index is 0.599. The van der Waals surface area contributed by atoms with Crippen molar-refractivity contribution in [2.24, 2.45) is 5.73 Å². The molecule has 0 saturated carbocycles. The van der Waals surface area contributed by atoms with Crippen LogP contribution < -0.4 is 15.2 Å². The first-order valence-corrected chi connectivity index (χ1v) is 6.76. The molecule has 0 radical (unpaired) electrons. The smallest absolute Gasteiger partial charge is 0.162 e. The van der Waals surface area contributed by atoms with Crippen molar-refractivity contribution in [2.75, 3.05) is 25.5 Å². The van der Waals surface area contributed by atoms with Gasteiger partial charge in [-0.05, 0) is 18.2 Å². The van der Waals surface area contributed by atoms with Crippen molar-refractivity contribution in [3.05, 3.63) is 30.4 Å². The highest BCUT2D eigenvalue weighted by Crippen LogP contribution is 2.33. The van der Waals surface area contributed by atoms with E-state index in [9.17, 15) is 0 Å². The minimum Gasteiger partial charge on any atom is -0.490 e. The van der Waals surface area contributed by atoms with E-state index in [2.05, 4.69) is 12.1 Å². The van der Waals surface area contributed by atoms with Gasteiger partial charge in [0.15, 0.2) is 11.5 Å². The standard InChI is InChI=1S/C13H17NO2S/c14-6-1-2-9-17-11-4-5-12-13(10-11)16-8-3-7-15-12/h1-2,4-5,10H,3,6-9,14H2/b2-1+. The molecule has 0 saturated heterocycles. The van der Waals surface area contributed by atoms with Gasteiger partial charge in [0.05, 0.1) is 13.2 Å². The van der Waals surface area contributed by atoms with Crippen LogP contribution in [0.15, 0.2) is 35.2 Å². The summed E-state index contributed by atoms with van der Waals surface area (Å²) in [6.07, 6.45) is 4.99. The number of ether oxygens (including phenoxy) is 2. The average molecular weight is 251 g/mol. The van der Waals surface area contributed by atoms with E-state index < -0.39 is 0 Å². The number of rotatable bonds is 4. The molecule has 2 N–H and O–H groups in total. The second-order valence-electron chi connectivity index (χ2n) is 3.68. The van der Waals surface area contributed by atoms with Gasteiger partial charge >= 0.3 is 0 Å². The molecule has 0 aliphatic carbocycles. The number of thioether (sulfide) groups is 1. The van der Waals surface area contributed by atoms with E-state index in [-0.39, 0.29) is 0 Å². The predicted molar refractivity (Wildman–Crippen MR) is 71.0 cm³/mol. The summed E-state index contributed by atoms with van der Waals surface area (Å²) in [5.41, 5.74) is 5.38. The quantitative estimate of drug-likeness (QED) is 0.659. The highest BCUT2D eigenvalue weighted by molar-refractivity contribution is 7.99. The van der Waals surface area contributed by atoms with E-state index in [1.54, 1.807) is 11.8 Å². The molecule has 0 atom stereocenters. The molecule has 0 fully saturated rings. The fourth-order valence-electron chi connectivity index (χ4n) is 1.54. The lowest BCUT2D eigenvalue weighted by Gasteiger charge is -2.08. The summed E-state index contributed by atoms with van der Waals surface area (Å²) in [5.74, 6) is 2.64. The highest BCUT2D eigenvalue weighted by Gasteiger charge is 2.10. The van der Waals surface area contributed by atoms with Crippen molar-refractivity contribution in [3.63, 3.8) is 0 Å². The third kappa shape index (κ3) is 3.68. The number of hydrogen-bond acceptors (Lipinski definition) is 4. The Morgan fingerprint density at radius 3 is 2.82 bits per heavy atom. The van der Waals surface area contributed by atoms with E-state index in [0.717, 1.165) is 36.9 Å². The van der Waals surface area contributed by atoms with Gasteiger partial charge in [-0.25, -0.2) is 0 Å². The van der Waals surface area contributed by atoms with E-state index in [4.69, 9.17) is 15.2 Å². The van der Waals surface area contributed by atoms with Crippen LogP contribution >= 0.6 is 11.8 Å². The molecule has 1 aromatic carbocycles. The maximum atomic E-state index is 5.64. The second-order valence-corrected chi connectivity index (χ2v) is 4.77. The van der Waals surface area contributed by atoms with E-state index in [1.807, 2.05) is 18.2 Å². The topological polar surface area (TPSA) is 44.5 Å². The molecular weight excluding hydrogens is 234 g/mol. The fourth-order valence-corrected chi connectivity index (χ4v) is 2.32. The van der Waals surface area contributed by atoms with Gasteiger partial charge in [-0.3, -0.25) is 0 Å². The molecule has 4 heteroatoms. The van der Waals surface area contributed by atoms with Gasteiger partial charge in [-0.15, -0.1) is 11.8 Å². The van der Waals surface area contributed by atoms with Crippen molar-refractivity contribution >= 4 is 11.8 Å². The number of nitrogens with two attached hydrogens (primary N) is 1. The molecule has 0 spiro atoms. The lowest BCUT2D eigenvalue weighted by molar-refractivity contribution is 0.297. The van der Waals surface area contributed by atoms with Gasteiger partial charge in [-0.1, -0.05) is 12.2 Å². The molecule has 1 aromatic rings. The Morgan fingerprint density at radius 2 is 2.00 bits per heavy atom. The van der Waals surface area contributed by atoms with Crippen LogP contribution in [0.5, 0.6) is 11.5 Å². The lowest BCUT2D eigenvalue weighted by Crippen LogP contribution is -1.97. The van der Waals surface area contributed by atoms with E-state index in [1.165, 1.54) is 4.90 Å². The zero-order valence-electron chi connectivity index (χ0n) is 9.72. The maximum absolute atomic E-state index is 5.64. The van der Waals surface area contributed by atoms with E-state index >= 15 is 0 Å². The Bertz CT molecular complexity index is 393. The molecule has 0 unspecified atom stereocenters. The number of benzene rings is 1. The summed E-state index contributed by atoms with van der Waals surface area (Å²) < 4.78 is 11.2. The van der Waals surface area contributed by atoms with Crippen molar-refractivity contribution in [1.82, 2.24) is 0 Å². The normalized spacial score (nSPS) is 14.9. The van der Waals surface area contributed by atoms with Crippen LogP contribution in [0.4, 0.5) is 0 Å². The first-order chi connectivity index (χ1) is 8.40. The molecule has 3 nitrogen and oxygen atoms in total. The van der Waals surface area contributed by atoms with Crippen molar-refractivity contribution in [1.29, 1.82) is 0 Å². The number of fused-ring (bicyclic) bond motifs is 1. The molecule has 0 aromatic heterocycles. The molecule has 1 aliphatic heterocycles. The lowest BCUT2D eigenvalue weighted by atomic mass is 10.3. The summed E-state index contributed by atoms with van der Waals surface area (Å²) in [5, 5.41) is 0. The molecule has 1 aliphatic rings. The largest absolute Gasteiger partial charge is 0.490 e. The Balaban J connectivity index is 1.99. The zero-order chi connectivity index (χ0) is 11.9. The summed E-state index contributed by atoms with van der Waals surface area (Å²) in [6, 6.07) is 6.09. The van der Waals surface area contributed by atoms with Crippen molar-refractivity contribution in [3.8, 4) is 11.5 Å². The van der Waals surface area contributed by atoms with Gasteiger partial charge in [-0.2, -0.15) is 0 Å². The average Bonchev–Trinajstić information content (AvgIpc) is 2.59. The third-order valence-corrected chi connectivity index (χ3v) is 3.31. The Hall–Kier alpha value is -1.13. The first-order valence-electron chi connectivity index (χ1n) is 5.77. The van der Waals surface area contributed by atoms with Crippen LogP contribution in [0.3, 0.4) is 0 Å². The zero-order valence-corrected chi connectivity index (χ0v) is 10.5. The summed E-state index contributed by atoms with van der Waals surface area (Å²) in [6.45, 7) is 2.06. The van der Waals surface area contributed by atoms with Crippen LogP contribution in [0.2, 0.25) is 0 Å². The van der Waals surface area contributed by atoms with Gasteiger partial charge in [0.2, 0.25) is 0 Å². The molecule has 17 heavy (non-hydrogen) atoms. The van der Waals surface area contributed by atoms with Crippen molar-refractivity contribution < 1.29 is 9.47 Å². The highest BCUT2D eigenvalue weighted by atomic mass is 32.2. The summed E-state index contributed by atoms with van der Waals surface area (Å²) in [4.78, 5) is 1.19. The fraction of sp³-hybridized carbons (Fsp3) is 0.385. The van der Waals surface area contributed by atoms with Gasteiger partial charge in [0.1, 0.15) is 0 Å². The van der Waals surface area contributed by atoms with Crippen LogP contribution in [-0.2, 0) is 0 Å². The maximum Gasteiger partial charge on any atom is 0.162 e. The third-order valence-electron chi connectivity index (χ3n) is 2.37. The van der Waals surface area contributed by atoms with Crippen molar-refractivity contribution in [2.45, 2.75) is 11.3 Å². The monoisotopic (exact) mass is 251 g/mol. The molecule has 92 valence electrons. The molecule has 1 heterocycles. The minimum atomic E-state index is 0.599. The Kier molecular flexibility index (Phi) is 4.76. The second kappa shape index (κ2) is 6.57. The van der Waals surface area contributed by atoms with Crippen LogP contribution in [0.25, 0.3) is 0 Å². The summed E-state index contributed by atoms with van der Waals surface area (Å²) >= 11 is 1.76.